The Kier molecular flexibility index (Phi) is 7.18. The van der Waals surface area contributed by atoms with Gasteiger partial charge in [0.2, 0.25) is 0 Å². The Balaban J connectivity index is 1.68. The molecule has 8 nitrogen and oxygen atoms in total. The van der Waals surface area contributed by atoms with E-state index in [9.17, 15) is 9.59 Å². The molecule has 0 saturated carbocycles. The van der Waals surface area contributed by atoms with E-state index in [4.69, 9.17) is 9.47 Å². The summed E-state index contributed by atoms with van der Waals surface area (Å²) in [6.45, 7) is 0.451. The van der Waals surface area contributed by atoms with E-state index in [1.54, 1.807) is 26.4 Å². The fraction of sp³-hybridized carbons (Fsp3) is 0.286. The van der Waals surface area contributed by atoms with E-state index in [0.29, 0.717) is 35.9 Å². The third kappa shape index (κ3) is 5.24. The molecule has 0 aliphatic carbocycles. The second-order valence-electron chi connectivity index (χ2n) is 6.36. The van der Waals surface area contributed by atoms with E-state index in [-0.39, 0.29) is 5.24 Å². The number of anilines is 1. The summed E-state index contributed by atoms with van der Waals surface area (Å²) in [6.07, 6.45) is 0.115. The zero-order valence-electron chi connectivity index (χ0n) is 17.0. The van der Waals surface area contributed by atoms with Crippen LogP contribution in [0.5, 0.6) is 11.5 Å². The number of methoxy groups -OCH3 is 3. The largest absolute Gasteiger partial charge is 0.493 e. The van der Waals surface area contributed by atoms with Crippen molar-refractivity contribution < 1.29 is 23.8 Å². The average Bonchev–Trinajstić information content (AvgIpc) is 2.78. The topological polar surface area (TPSA) is 89.5 Å². The molecule has 2 aromatic rings. The number of hydrogen-bond acceptors (Lipinski definition) is 7. The highest BCUT2D eigenvalue weighted by Crippen LogP contribution is 2.29. The highest BCUT2D eigenvalue weighted by molar-refractivity contribution is 8.14. The van der Waals surface area contributed by atoms with Gasteiger partial charge in [-0.05, 0) is 42.3 Å². The average molecular weight is 429 g/mol. The fourth-order valence-electron chi connectivity index (χ4n) is 2.88. The van der Waals surface area contributed by atoms with E-state index >= 15 is 0 Å². The van der Waals surface area contributed by atoms with Gasteiger partial charge in [0.15, 0.2) is 11.5 Å². The minimum absolute atomic E-state index is 0.0804. The van der Waals surface area contributed by atoms with Gasteiger partial charge >= 0.3 is 11.3 Å². The number of nitrogens with one attached hydrogen (secondary N) is 1. The van der Waals surface area contributed by atoms with Crippen LogP contribution in [0.2, 0.25) is 0 Å². The first kappa shape index (κ1) is 21.5. The maximum absolute atomic E-state index is 12.3. The van der Waals surface area contributed by atoms with Crippen LogP contribution in [0.3, 0.4) is 0 Å². The van der Waals surface area contributed by atoms with Crippen LogP contribution < -0.4 is 14.8 Å². The van der Waals surface area contributed by atoms with Crippen molar-refractivity contribution in [3.8, 4) is 11.5 Å². The number of benzene rings is 2. The first-order valence-corrected chi connectivity index (χ1v) is 10.2. The lowest BCUT2D eigenvalue weighted by Crippen LogP contribution is -2.31. The van der Waals surface area contributed by atoms with Gasteiger partial charge in [-0.25, -0.2) is 9.80 Å². The number of amides is 2. The van der Waals surface area contributed by atoms with Gasteiger partial charge in [-0.2, -0.15) is 5.10 Å². The Labute approximate surface area is 179 Å². The van der Waals surface area contributed by atoms with Crippen molar-refractivity contribution in [2.45, 2.75) is 6.42 Å². The molecule has 0 radical (unpaired) electrons. The smallest absolute Gasteiger partial charge is 0.411 e. The minimum Gasteiger partial charge on any atom is -0.493 e. The molecular weight excluding hydrogens is 406 g/mol. The Morgan fingerprint density at radius 3 is 2.50 bits per heavy atom. The standard InChI is InChI=1S/C21H23N3O5S/c1-27-18-9-6-15(12-19(18)28-2)17-13-30-21(26)24(23-17)11-10-14-4-7-16(8-5-14)22-20(25)29-3/h4-9,12H,10-11,13H2,1-3H3,(H,22,25). The van der Waals surface area contributed by atoms with Crippen molar-refractivity contribution in [2.75, 3.05) is 38.9 Å². The van der Waals surface area contributed by atoms with Crippen LogP contribution in [-0.4, -0.2) is 55.7 Å². The van der Waals surface area contributed by atoms with E-state index < -0.39 is 6.09 Å². The highest BCUT2D eigenvalue weighted by atomic mass is 32.2. The molecule has 0 fully saturated rings. The van der Waals surface area contributed by atoms with Crippen LogP contribution in [0.15, 0.2) is 47.6 Å². The molecule has 30 heavy (non-hydrogen) atoms. The molecule has 0 unspecified atom stereocenters. The maximum atomic E-state index is 12.3. The Morgan fingerprint density at radius 2 is 1.83 bits per heavy atom. The quantitative estimate of drug-likeness (QED) is 0.716. The van der Waals surface area contributed by atoms with Crippen molar-refractivity contribution in [1.82, 2.24) is 5.01 Å². The van der Waals surface area contributed by atoms with E-state index in [1.807, 2.05) is 30.3 Å². The van der Waals surface area contributed by atoms with Gasteiger partial charge < -0.3 is 14.2 Å². The third-order valence-electron chi connectivity index (χ3n) is 4.50. The SMILES string of the molecule is COC(=O)Nc1ccc(CCN2N=C(c3ccc(OC)c(OC)c3)CSC2=O)cc1. The summed E-state index contributed by atoms with van der Waals surface area (Å²) in [6, 6.07) is 13.0. The van der Waals surface area contributed by atoms with Crippen molar-refractivity contribution in [3.05, 3.63) is 53.6 Å². The molecule has 0 spiro atoms. The van der Waals surface area contributed by atoms with Gasteiger partial charge in [0.25, 0.3) is 0 Å². The molecule has 2 amide bonds. The van der Waals surface area contributed by atoms with E-state index in [1.165, 1.54) is 23.9 Å². The molecule has 2 aromatic carbocycles. The first-order chi connectivity index (χ1) is 14.5. The molecule has 158 valence electrons. The number of carbonyl (C=O) groups is 2. The molecule has 9 heteroatoms. The molecule has 0 atom stereocenters. The van der Waals surface area contributed by atoms with Crippen LogP contribution in [0, 0.1) is 0 Å². The summed E-state index contributed by atoms with van der Waals surface area (Å²) < 4.78 is 15.2. The summed E-state index contributed by atoms with van der Waals surface area (Å²) in [5.41, 5.74) is 3.36. The number of carbonyl (C=O) groups excluding carboxylic acids is 2. The minimum atomic E-state index is -0.518. The predicted octanol–water partition coefficient (Wildman–Crippen LogP) is 4.00. The first-order valence-electron chi connectivity index (χ1n) is 9.22. The fourth-order valence-corrected chi connectivity index (χ4v) is 3.64. The molecular formula is C21H23N3O5S. The van der Waals surface area contributed by atoms with Gasteiger partial charge in [-0.3, -0.25) is 10.1 Å². The van der Waals surface area contributed by atoms with Crippen LogP contribution in [0.1, 0.15) is 11.1 Å². The molecule has 0 saturated heterocycles. The lowest BCUT2D eigenvalue weighted by atomic mass is 10.1. The lowest BCUT2D eigenvalue weighted by Gasteiger charge is -2.23. The van der Waals surface area contributed by atoms with Crippen molar-refractivity contribution >= 4 is 34.5 Å². The van der Waals surface area contributed by atoms with Crippen LogP contribution >= 0.6 is 11.8 Å². The number of hydrazone groups is 1. The number of hydrogen-bond donors (Lipinski definition) is 1. The molecule has 1 aliphatic rings. The number of nitrogens with zero attached hydrogens (tertiary/aromatic N) is 2. The Morgan fingerprint density at radius 1 is 1.10 bits per heavy atom. The number of thioether (sulfide) groups is 1. The molecule has 1 aliphatic heterocycles. The maximum Gasteiger partial charge on any atom is 0.411 e. The van der Waals surface area contributed by atoms with Crippen molar-refractivity contribution in [2.24, 2.45) is 5.10 Å². The van der Waals surface area contributed by atoms with Gasteiger partial charge in [0, 0.05) is 23.5 Å². The van der Waals surface area contributed by atoms with Gasteiger partial charge in [0.05, 0.1) is 27.0 Å². The summed E-state index contributed by atoms with van der Waals surface area (Å²) in [5.74, 6) is 1.76. The second-order valence-corrected chi connectivity index (χ2v) is 7.28. The van der Waals surface area contributed by atoms with Gasteiger partial charge in [-0.15, -0.1) is 0 Å². The highest BCUT2D eigenvalue weighted by Gasteiger charge is 2.22. The summed E-state index contributed by atoms with van der Waals surface area (Å²) >= 11 is 1.22. The molecule has 0 aromatic heterocycles. The van der Waals surface area contributed by atoms with Gasteiger partial charge in [0.1, 0.15) is 0 Å². The molecule has 1 heterocycles. The Hall–Kier alpha value is -3.20. The van der Waals surface area contributed by atoms with Crippen LogP contribution in [-0.2, 0) is 11.2 Å². The zero-order valence-corrected chi connectivity index (χ0v) is 17.8. The monoisotopic (exact) mass is 429 g/mol. The summed E-state index contributed by atoms with van der Waals surface area (Å²) in [4.78, 5) is 23.5. The predicted molar refractivity (Wildman–Crippen MR) is 117 cm³/mol. The zero-order chi connectivity index (χ0) is 21.5. The second kappa shape index (κ2) is 10.0. The van der Waals surface area contributed by atoms with Crippen molar-refractivity contribution in [1.29, 1.82) is 0 Å². The Bertz CT molecular complexity index is 946. The van der Waals surface area contributed by atoms with E-state index in [2.05, 4.69) is 15.2 Å². The number of rotatable bonds is 7. The summed E-state index contributed by atoms with van der Waals surface area (Å²) in [5, 5.41) is 8.57. The third-order valence-corrected chi connectivity index (χ3v) is 5.37. The van der Waals surface area contributed by atoms with Crippen LogP contribution in [0.4, 0.5) is 15.3 Å². The normalized spacial score (nSPS) is 13.5. The molecule has 1 N–H and O–H groups in total. The van der Waals surface area contributed by atoms with Gasteiger partial charge in [-0.1, -0.05) is 23.9 Å². The van der Waals surface area contributed by atoms with Crippen molar-refractivity contribution in [3.63, 3.8) is 0 Å². The molecule has 3 rings (SSSR count). The number of ether oxygens (including phenoxy) is 3. The lowest BCUT2D eigenvalue weighted by molar-refractivity contribution is 0.187. The molecule has 0 bridgehead atoms. The van der Waals surface area contributed by atoms with Crippen LogP contribution in [0.25, 0.3) is 0 Å². The van der Waals surface area contributed by atoms with E-state index in [0.717, 1.165) is 16.8 Å². The summed E-state index contributed by atoms with van der Waals surface area (Å²) in [7, 11) is 4.49.